The van der Waals surface area contributed by atoms with Crippen molar-refractivity contribution in [2.45, 2.75) is 43.4 Å². The third kappa shape index (κ3) is 6.57. The molecular weight excluding hydrogens is 458 g/mol. The first-order valence-electron chi connectivity index (χ1n) is 11.3. The van der Waals surface area contributed by atoms with E-state index < -0.39 is 22.6 Å². The fourth-order valence-corrected chi connectivity index (χ4v) is 5.35. The van der Waals surface area contributed by atoms with Crippen LogP contribution in [0.3, 0.4) is 0 Å². The number of hydrogen-bond acceptors (Lipinski definition) is 7. The monoisotopic (exact) mass is 489 g/mol. The van der Waals surface area contributed by atoms with E-state index in [1.54, 1.807) is 46.8 Å². The van der Waals surface area contributed by atoms with Crippen molar-refractivity contribution >= 4 is 21.8 Å². The van der Waals surface area contributed by atoms with E-state index in [2.05, 4.69) is 0 Å². The Bertz CT molecular complexity index is 1090. The molecule has 3 rings (SSSR count). The minimum atomic E-state index is -3.50. The fraction of sp³-hybridized carbons (Fsp3) is 0.440. The highest BCUT2D eigenvalue weighted by Gasteiger charge is 2.25. The summed E-state index contributed by atoms with van der Waals surface area (Å²) >= 11 is 0. The number of sulfonamides is 1. The molecule has 1 saturated heterocycles. The summed E-state index contributed by atoms with van der Waals surface area (Å²) in [4.78, 5) is 24.8. The predicted molar refractivity (Wildman–Crippen MR) is 127 cm³/mol. The van der Waals surface area contributed by atoms with Gasteiger partial charge in [0.05, 0.1) is 24.7 Å². The lowest BCUT2D eigenvalue weighted by molar-refractivity contribution is -0.142. The van der Waals surface area contributed by atoms with Gasteiger partial charge in [-0.1, -0.05) is 25.0 Å². The molecule has 0 radical (unpaired) electrons. The molecule has 0 N–H and O–H groups in total. The maximum atomic E-state index is 12.9. The Morgan fingerprint density at radius 2 is 1.59 bits per heavy atom. The normalized spacial score (nSPS) is 14.8. The van der Waals surface area contributed by atoms with Crippen molar-refractivity contribution in [3.8, 4) is 11.5 Å². The quantitative estimate of drug-likeness (QED) is 0.371. The van der Waals surface area contributed by atoms with Gasteiger partial charge in [-0.15, -0.1) is 0 Å². The van der Waals surface area contributed by atoms with Gasteiger partial charge in [-0.3, -0.25) is 9.59 Å². The van der Waals surface area contributed by atoms with Crippen molar-refractivity contribution < 1.29 is 32.2 Å². The summed E-state index contributed by atoms with van der Waals surface area (Å²) in [6.07, 6.45) is 4.33. The minimum absolute atomic E-state index is 0.0747. The molecular formula is C25H31NO7S. The topological polar surface area (TPSA) is 99.2 Å². The standard InChI is InChI=1S/C25H31NO7S/c1-31-20-10-13-22(24(17-20)32-2)23(27)18-33-25(28)14-9-19-7-11-21(12-8-19)34(29,30)26-15-5-3-4-6-16-26/h7-8,10-13,17H,3-6,9,14-16,18H2,1-2H3. The Morgan fingerprint density at radius 1 is 0.912 bits per heavy atom. The molecule has 0 unspecified atom stereocenters. The first kappa shape index (κ1) is 25.7. The maximum absolute atomic E-state index is 12.9. The summed E-state index contributed by atoms with van der Waals surface area (Å²) < 4.78 is 42.7. The van der Waals surface area contributed by atoms with Gasteiger partial charge in [0.15, 0.2) is 6.61 Å². The zero-order valence-corrected chi connectivity index (χ0v) is 20.4. The van der Waals surface area contributed by atoms with Crippen LogP contribution in [-0.4, -0.2) is 58.4 Å². The van der Waals surface area contributed by atoms with Crippen LogP contribution in [0.25, 0.3) is 0 Å². The lowest BCUT2D eigenvalue weighted by atomic mass is 10.1. The SMILES string of the molecule is COc1ccc(C(=O)COC(=O)CCc2ccc(S(=O)(=O)N3CCCCCC3)cc2)c(OC)c1. The number of esters is 1. The molecule has 0 amide bonds. The van der Waals surface area contributed by atoms with Crippen molar-refractivity contribution in [2.75, 3.05) is 33.9 Å². The van der Waals surface area contributed by atoms with Crippen LogP contribution in [0.4, 0.5) is 0 Å². The highest BCUT2D eigenvalue weighted by Crippen LogP contribution is 2.25. The van der Waals surface area contributed by atoms with E-state index in [0.29, 0.717) is 36.6 Å². The second-order valence-corrected chi connectivity index (χ2v) is 10.1. The summed E-state index contributed by atoms with van der Waals surface area (Å²) in [5, 5.41) is 0. The molecule has 1 heterocycles. The van der Waals surface area contributed by atoms with Crippen LogP contribution in [0.5, 0.6) is 11.5 Å². The van der Waals surface area contributed by atoms with Crippen LogP contribution >= 0.6 is 0 Å². The van der Waals surface area contributed by atoms with Crippen molar-refractivity contribution in [1.29, 1.82) is 0 Å². The Kier molecular flexibility index (Phi) is 9.06. The van der Waals surface area contributed by atoms with E-state index in [4.69, 9.17) is 14.2 Å². The van der Waals surface area contributed by atoms with Crippen LogP contribution in [0.2, 0.25) is 0 Å². The molecule has 2 aromatic carbocycles. The third-order valence-corrected chi connectivity index (χ3v) is 7.73. The van der Waals surface area contributed by atoms with Gasteiger partial charge >= 0.3 is 5.97 Å². The lowest BCUT2D eigenvalue weighted by Crippen LogP contribution is -2.31. The molecule has 0 spiro atoms. The molecule has 2 aromatic rings. The highest BCUT2D eigenvalue weighted by molar-refractivity contribution is 7.89. The van der Waals surface area contributed by atoms with Crippen molar-refractivity contribution in [2.24, 2.45) is 0 Å². The molecule has 184 valence electrons. The van der Waals surface area contributed by atoms with Gasteiger partial charge in [0, 0.05) is 25.6 Å². The molecule has 0 bridgehead atoms. The van der Waals surface area contributed by atoms with E-state index in [0.717, 1.165) is 31.2 Å². The summed E-state index contributed by atoms with van der Waals surface area (Å²) in [5.74, 6) is 0.00396. The van der Waals surface area contributed by atoms with Crippen molar-refractivity contribution in [1.82, 2.24) is 4.31 Å². The van der Waals surface area contributed by atoms with Crippen LogP contribution in [0.15, 0.2) is 47.4 Å². The minimum Gasteiger partial charge on any atom is -0.497 e. The van der Waals surface area contributed by atoms with Crippen LogP contribution in [0.1, 0.15) is 48.0 Å². The van der Waals surface area contributed by atoms with Crippen molar-refractivity contribution in [3.63, 3.8) is 0 Å². The lowest BCUT2D eigenvalue weighted by Gasteiger charge is -2.20. The number of hydrogen-bond donors (Lipinski definition) is 0. The Labute approximate surface area is 200 Å². The van der Waals surface area contributed by atoms with Gasteiger partial charge < -0.3 is 14.2 Å². The van der Waals surface area contributed by atoms with Gasteiger partial charge in [-0.2, -0.15) is 4.31 Å². The molecule has 1 aliphatic heterocycles. The van der Waals surface area contributed by atoms with Crippen molar-refractivity contribution in [3.05, 3.63) is 53.6 Å². The molecule has 1 fully saturated rings. The average molecular weight is 490 g/mol. The molecule has 34 heavy (non-hydrogen) atoms. The summed E-state index contributed by atoms with van der Waals surface area (Å²) in [6.45, 7) is 0.711. The second kappa shape index (κ2) is 12.0. The Hall–Kier alpha value is -2.91. The zero-order chi connectivity index (χ0) is 24.6. The number of Topliss-reactive ketones (excluding diaryl/α,β-unsaturated/α-hetero) is 1. The zero-order valence-electron chi connectivity index (χ0n) is 19.6. The molecule has 0 saturated carbocycles. The molecule has 8 nitrogen and oxygen atoms in total. The number of ketones is 1. The number of carbonyl (C=O) groups is 2. The molecule has 0 aliphatic carbocycles. The number of carbonyl (C=O) groups excluding carboxylic acids is 2. The molecule has 0 atom stereocenters. The summed E-state index contributed by atoms with van der Waals surface area (Å²) in [5.41, 5.74) is 1.12. The van der Waals surface area contributed by atoms with E-state index in [9.17, 15) is 18.0 Å². The Balaban J connectivity index is 1.51. The van der Waals surface area contributed by atoms with Crippen LogP contribution < -0.4 is 9.47 Å². The number of benzene rings is 2. The first-order chi connectivity index (χ1) is 16.3. The van der Waals surface area contributed by atoms with Gasteiger partial charge in [-0.05, 0) is 49.1 Å². The third-order valence-electron chi connectivity index (χ3n) is 5.82. The highest BCUT2D eigenvalue weighted by atomic mass is 32.2. The van der Waals surface area contributed by atoms with E-state index in [-0.39, 0.29) is 17.1 Å². The van der Waals surface area contributed by atoms with Gasteiger partial charge in [0.1, 0.15) is 11.5 Å². The molecule has 1 aliphatic rings. The molecule has 9 heteroatoms. The average Bonchev–Trinajstić information content (AvgIpc) is 3.16. The van der Waals surface area contributed by atoms with Gasteiger partial charge in [0.25, 0.3) is 0 Å². The number of rotatable bonds is 10. The smallest absolute Gasteiger partial charge is 0.306 e. The largest absolute Gasteiger partial charge is 0.497 e. The van der Waals surface area contributed by atoms with Crippen LogP contribution in [-0.2, 0) is 26.0 Å². The van der Waals surface area contributed by atoms with Gasteiger partial charge in [-0.25, -0.2) is 8.42 Å². The first-order valence-corrected chi connectivity index (χ1v) is 12.8. The number of ether oxygens (including phenoxy) is 3. The number of methoxy groups -OCH3 is 2. The second-order valence-electron chi connectivity index (χ2n) is 8.11. The number of aryl methyl sites for hydroxylation is 1. The Morgan fingerprint density at radius 3 is 2.21 bits per heavy atom. The van der Waals surface area contributed by atoms with Gasteiger partial charge in [0.2, 0.25) is 15.8 Å². The number of nitrogens with zero attached hydrogens (tertiary/aromatic N) is 1. The fourth-order valence-electron chi connectivity index (χ4n) is 3.83. The van der Waals surface area contributed by atoms with Crippen LogP contribution in [0, 0.1) is 0 Å². The van der Waals surface area contributed by atoms with E-state index in [1.165, 1.54) is 14.2 Å². The summed E-state index contributed by atoms with van der Waals surface area (Å²) in [7, 11) is -0.541. The molecule has 0 aromatic heterocycles. The van der Waals surface area contributed by atoms with E-state index in [1.807, 2.05) is 0 Å². The summed E-state index contributed by atoms with van der Waals surface area (Å²) in [6, 6.07) is 11.4. The predicted octanol–water partition coefficient (Wildman–Crippen LogP) is 3.63. The van der Waals surface area contributed by atoms with E-state index >= 15 is 0 Å². The maximum Gasteiger partial charge on any atom is 0.306 e.